The molecule has 0 radical (unpaired) electrons. The molecule has 0 bridgehead atoms. The van der Waals surface area contributed by atoms with E-state index in [0.29, 0.717) is 17.3 Å². The second-order valence-electron chi connectivity index (χ2n) is 2.82. The number of aromatic nitrogens is 2. The predicted molar refractivity (Wildman–Crippen MR) is 54.0 cm³/mol. The molecule has 0 fully saturated rings. The van der Waals surface area contributed by atoms with Gasteiger partial charge >= 0.3 is 0 Å². The number of hydrogen-bond donors (Lipinski definition) is 0. The topological polar surface area (TPSA) is 62.7 Å². The van der Waals surface area contributed by atoms with Crippen LogP contribution in [0.3, 0.4) is 0 Å². The van der Waals surface area contributed by atoms with Crippen LogP contribution in [0, 0.1) is 11.3 Å². The van der Waals surface area contributed by atoms with Gasteiger partial charge in [0.2, 0.25) is 11.8 Å². The van der Waals surface area contributed by atoms with E-state index in [2.05, 4.69) is 10.2 Å². The Balaban J connectivity index is 2.33. The minimum absolute atomic E-state index is 0.198. The molecule has 0 aliphatic rings. The molecular formula is C10H6ClN3O. The molecule has 1 aromatic carbocycles. The number of hydrogen-bond acceptors (Lipinski definition) is 4. The first-order chi connectivity index (χ1) is 7.33. The molecule has 1 heterocycles. The van der Waals surface area contributed by atoms with Gasteiger partial charge in [-0.1, -0.05) is 0 Å². The molecule has 15 heavy (non-hydrogen) atoms. The van der Waals surface area contributed by atoms with Gasteiger partial charge in [0.25, 0.3) is 0 Å². The highest BCUT2D eigenvalue weighted by molar-refractivity contribution is 6.16. The molecule has 1 aromatic heterocycles. The first-order valence-corrected chi connectivity index (χ1v) is 4.76. The van der Waals surface area contributed by atoms with Crippen molar-refractivity contribution in [2.24, 2.45) is 0 Å². The minimum Gasteiger partial charge on any atom is -0.419 e. The van der Waals surface area contributed by atoms with E-state index in [-0.39, 0.29) is 5.88 Å². The van der Waals surface area contributed by atoms with Gasteiger partial charge < -0.3 is 4.42 Å². The lowest BCUT2D eigenvalue weighted by atomic mass is 10.1. The van der Waals surface area contributed by atoms with Crippen molar-refractivity contribution in [2.45, 2.75) is 5.88 Å². The van der Waals surface area contributed by atoms with Crippen LogP contribution >= 0.6 is 11.6 Å². The summed E-state index contributed by atoms with van der Waals surface area (Å²) in [5, 5.41) is 16.2. The zero-order valence-electron chi connectivity index (χ0n) is 7.64. The number of nitriles is 1. The van der Waals surface area contributed by atoms with Crippen molar-refractivity contribution in [1.82, 2.24) is 10.2 Å². The lowest BCUT2D eigenvalue weighted by Crippen LogP contribution is -1.78. The van der Waals surface area contributed by atoms with E-state index in [9.17, 15) is 0 Å². The van der Waals surface area contributed by atoms with Crippen LogP contribution < -0.4 is 0 Å². The summed E-state index contributed by atoms with van der Waals surface area (Å²) in [6.45, 7) is 0. The Labute approximate surface area is 91.1 Å². The van der Waals surface area contributed by atoms with E-state index in [1.165, 1.54) is 0 Å². The number of alkyl halides is 1. The standard InChI is InChI=1S/C10H6ClN3O/c11-5-9-13-14-10(15-9)8-3-1-7(6-12)2-4-8/h1-4H,5H2. The summed E-state index contributed by atoms with van der Waals surface area (Å²) in [6.07, 6.45) is 0. The first-order valence-electron chi connectivity index (χ1n) is 4.22. The van der Waals surface area contributed by atoms with E-state index < -0.39 is 0 Å². The van der Waals surface area contributed by atoms with E-state index in [0.717, 1.165) is 5.56 Å². The summed E-state index contributed by atoms with van der Waals surface area (Å²) in [5.41, 5.74) is 1.37. The summed E-state index contributed by atoms with van der Waals surface area (Å²) in [7, 11) is 0. The highest BCUT2D eigenvalue weighted by Crippen LogP contribution is 2.18. The highest BCUT2D eigenvalue weighted by Gasteiger charge is 2.06. The number of nitrogens with zero attached hydrogens (tertiary/aromatic N) is 3. The van der Waals surface area contributed by atoms with Gasteiger partial charge in [0.05, 0.1) is 11.6 Å². The van der Waals surface area contributed by atoms with Gasteiger partial charge in [-0.05, 0) is 24.3 Å². The van der Waals surface area contributed by atoms with Crippen LogP contribution in [0.1, 0.15) is 11.5 Å². The monoisotopic (exact) mass is 219 g/mol. The Morgan fingerprint density at radius 3 is 2.53 bits per heavy atom. The van der Waals surface area contributed by atoms with Crippen molar-refractivity contribution < 1.29 is 4.42 Å². The number of rotatable bonds is 2. The van der Waals surface area contributed by atoms with Gasteiger partial charge in [0.15, 0.2) is 0 Å². The SMILES string of the molecule is N#Cc1ccc(-c2nnc(CCl)o2)cc1. The Bertz CT molecular complexity index is 498. The Hall–Kier alpha value is -1.86. The van der Waals surface area contributed by atoms with Gasteiger partial charge in [-0.2, -0.15) is 5.26 Å². The van der Waals surface area contributed by atoms with E-state index in [1.807, 2.05) is 6.07 Å². The zero-order chi connectivity index (χ0) is 10.7. The highest BCUT2D eigenvalue weighted by atomic mass is 35.5. The third kappa shape index (κ3) is 1.97. The Kier molecular flexibility index (Phi) is 2.66. The molecule has 0 N–H and O–H groups in total. The smallest absolute Gasteiger partial charge is 0.247 e. The quantitative estimate of drug-likeness (QED) is 0.728. The molecule has 0 unspecified atom stereocenters. The predicted octanol–water partition coefficient (Wildman–Crippen LogP) is 2.35. The van der Waals surface area contributed by atoms with Crippen LogP contribution in [0.25, 0.3) is 11.5 Å². The first kappa shape index (κ1) is 9.69. The molecule has 0 amide bonds. The van der Waals surface area contributed by atoms with Crippen LogP contribution in [-0.4, -0.2) is 10.2 Å². The molecule has 0 spiro atoms. The fourth-order valence-corrected chi connectivity index (χ4v) is 1.22. The molecule has 4 nitrogen and oxygen atoms in total. The molecule has 2 rings (SSSR count). The van der Waals surface area contributed by atoms with Crippen LogP contribution in [0.5, 0.6) is 0 Å². The summed E-state index contributed by atoms with van der Waals surface area (Å²) < 4.78 is 5.26. The van der Waals surface area contributed by atoms with Crippen molar-refractivity contribution in [3.8, 4) is 17.5 Å². The summed E-state index contributed by atoms with van der Waals surface area (Å²) in [4.78, 5) is 0. The van der Waals surface area contributed by atoms with Crippen LogP contribution in [-0.2, 0) is 5.88 Å². The van der Waals surface area contributed by atoms with Crippen molar-refractivity contribution in [3.63, 3.8) is 0 Å². The van der Waals surface area contributed by atoms with Crippen molar-refractivity contribution in [3.05, 3.63) is 35.7 Å². The van der Waals surface area contributed by atoms with E-state index >= 15 is 0 Å². The maximum Gasteiger partial charge on any atom is 0.247 e. The van der Waals surface area contributed by atoms with Gasteiger partial charge in [0, 0.05) is 5.56 Å². The van der Waals surface area contributed by atoms with Crippen molar-refractivity contribution in [1.29, 1.82) is 5.26 Å². The van der Waals surface area contributed by atoms with Crippen molar-refractivity contribution in [2.75, 3.05) is 0 Å². The lowest BCUT2D eigenvalue weighted by molar-refractivity contribution is 0.527. The van der Waals surface area contributed by atoms with Gasteiger partial charge in [-0.3, -0.25) is 0 Å². The van der Waals surface area contributed by atoms with Crippen molar-refractivity contribution >= 4 is 11.6 Å². The molecule has 0 atom stereocenters. The summed E-state index contributed by atoms with van der Waals surface area (Å²) in [5.74, 6) is 0.995. The third-order valence-electron chi connectivity index (χ3n) is 1.84. The molecule has 0 aliphatic carbocycles. The molecule has 0 aliphatic heterocycles. The summed E-state index contributed by atoms with van der Waals surface area (Å²) >= 11 is 5.54. The maximum absolute atomic E-state index is 8.62. The van der Waals surface area contributed by atoms with Gasteiger partial charge in [-0.15, -0.1) is 21.8 Å². The largest absolute Gasteiger partial charge is 0.419 e. The average Bonchev–Trinajstić information content (AvgIpc) is 2.78. The molecule has 74 valence electrons. The zero-order valence-corrected chi connectivity index (χ0v) is 8.40. The Morgan fingerprint density at radius 1 is 1.27 bits per heavy atom. The molecule has 5 heteroatoms. The van der Waals surface area contributed by atoms with Crippen LogP contribution in [0.2, 0.25) is 0 Å². The fraction of sp³-hybridized carbons (Fsp3) is 0.100. The van der Waals surface area contributed by atoms with Gasteiger partial charge in [-0.25, -0.2) is 0 Å². The number of halogens is 1. The lowest BCUT2D eigenvalue weighted by Gasteiger charge is -1.93. The van der Waals surface area contributed by atoms with Crippen LogP contribution in [0.4, 0.5) is 0 Å². The van der Waals surface area contributed by atoms with Gasteiger partial charge in [0.1, 0.15) is 5.88 Å². The second kappa shape index (κ2) is 4.11. The fourth-order valence-electron chi connectivity index (χ4n) is 1.11. The van der Waals surface area contributed by atoms with E-state index in [1.54, 1.807) is 24.3 Å². The minimum atomic E-state index is 0.198. The second-order valence-corrected chi connectivity index (χ2v) is 3.09. The Morgan fingerprint density at radius 2 is 2.00 bits per heavy atom. The molecule has 0 saturated carbocycles. The number of benzene rings is 1. The van der Waals surface area contributed by atoms with Crippen LogP contribution in [0.15, 0.2) is 28.7 Å². The molecule has 2 aromatic rings. The summed E-state index contributed by atoms with van der Waals surface area (Å²) in [6, 6.07) is 8.93. The average molecular weight is 220 g/mol. The third-order valence-corrected chi connectivity index (χ3v) is 2.07. The molecular weight excluding hydrogens is 214 g/mol. The normalized spacial score (nSPS) is 9.87. The molecule has 0 saturated heterocycles. The van der Waals surface area contributed by atoms with E-state index in [4.69, 9.17) is 21.3 Å². The maximum atomic E-state index is 8.62.